The first-order valence-electron chi connectivity index (χ1n) is 13.1. The highest BCUT2D eigenvalue weighted by Crippen LogP contribution is 2.32. The number of phenolic OH excluding ortho intramolecular Hbond substituents is 3. The highest BCUT2D eigenvalue weighted by atomic mass is 16.3. The van der Waals surface area contributed by atoms with Crippen molar-refractivity contribution in [1.82, 2.24) is 10.6 Å². The van der Waals surface area contributed by atoms with Crippen LogP contribution in [0.5, 0.6) is 17.2 Å². The van der Waals surface area contributed by atoms with Crippen LogP contribution in [0.25, 0.3) is 0 Å². The fourth-order valence-electron chi connectivity index (χ4n) is 4.40. The van der Waals surface area contributed by atoms with Gasteiger partial charge in [0, 0.05) is 11.3 Å². The molecule has 0 aliphatic carbocycles. The zero-order valence-electron chi connectivity index (χ0n) is 21.2. The molecule has 3 aromatic rings. The Labute approximate surface area is 215 Å². The molecule has 0 saturated carbocycles. The van der Waals surface area contributed by atoms with E-state index in [0.29, 0.717) is 12.8 Å². The van der Waals surface area contributed by atoms with Crippen LogP contribution in [-0.2, 0) is 25.7 Å². The van der Waals surface area contributed by atoms with Crippen molar-refractivity contribution in [3.8, 4) is 17.2 Å². The Hall–Kier alpha value is -3.22. The molecule has 0 atom stereocenters. The van der Waals surface area contributed by atoms with Crippen LogP contribution in [0.2, 0.25) is 0 Å². The van der Waals surface area contributed by atoms with E-state index in [0.717, 1.165) is 67.8 Å². The van der Waals surface area contributed by atoms with E-state index in [2.05, 4.69) is 22.8 Å². The lowest BCUT2D eigenvalue weighted by Gasteiger charge is -2.14. The lowest BCUT2D eigenvalue weighted by Crippen LogP contribution is -2.20. The van der Waals surface area contributed by atoms with Gasteiger partial charge in [0.25, 0.3) is 0 Å². The number of hydrogen-bond acceptors (Lipinski definition) is 6. The molecule has 0 amide bonds. The van der Waals surface area contributed by atoms with Crippen molar-refractivity contribution in [2.24, 2.45) is 0 Å². The predicted molar refractivity (Wildman–Crippen MR) is 148 cm³/mol. The van der Waals surface area contributed by atoms with E-state index in [-0.39, 0.29) is 17.2 Å². The Morgan fingerprint density at radius 3 is 2.00 bits per heavy atom. The second kappa shape index (κ2) is 15.0. The molecule has 0 bridgehead atoms. The minimum Gasteiger partial charge on any atom is -0.508 e. The molecular formula is C30H41N3O3. The monoisotopic (exact) mass is 491 g/mol. The van der Waals surface area contributed by atoms with Crippen LogP contribution in [0.1, 0.15) is 47.9 Å². The maximum atomic E-state index is 10.4. The molecule has 194 valence electrons. The highest BCUT2D eigenvalue weighted by Gasteiger charge is 2.12. The summed E-state index contributed by atoms with van der Waals surface area (Å²) in [7, 11) is 0. The van der Waals surface area contributed by atoms with Crippen molar-refractivity contribution in [3.05, 3.63) is 82.9 Å². The lowest BCUT2D eigenvalue weighted by molar-refractivity contribution is 0.398. The van der Waals surface area contributed by atoms with Crippen molar-refractivity contribution >= 4 is 5.69 Å². The van der Waals surface area contributed by atoms with Gasteiger partial charge in [0.2, 0.25) is 0 Å². The Morgan fingerprint density at radius 2 is 1.31 bits per heavy atom. The maximum absolute atomic E-state index is 10.4. The SMILES string of the molecule is Nc1ccc(CCNCCCCCCNCCc2ccc(O)c(O)c2CCc2cccc(O)c2)cc1. The summed E-state index contributed by atoms with van der Waals surface area (Å²) < 4.78 is 0. The zero-order valence-corrected chi connectivity index (χ0v) is 21.2. The van der Waals surface area contributed by atoms with E-state index in [1.165, 1.54) is 24.8 Å². The number of rotatable bonds is 16. The average molecular weight is 492 g/mol. The fourth-order valence-corrected chi connectivity index (χ4v) is 4.40. The number of nitrogen functional groups attached to an aromatic ring is 1. The third-order valence-electron chi connectivity index (χ3n) is 6.53. The van der Waals surface area contributed by atoms with Gasteiger partial charge in [-0.05, 0) is 112 Å². The van der Waals surface area contributed by atoms with Gasteiger partial charge in [0.1, 0.15) is 5.75 Å². The molecule has 0 aliphatic heterocycles. The Bertz CT molecular complexity index is 1050. The number of hydrogen-bond donors (Lipinski definition) is 6. The summed E-state index contributed by atoms with van der Waals surface area (Å²) in [5, 5.41) is 37.1. The first kappa shape index (κ1) is 27.4. The number of nitrogens with two attached hydrogens (primary N) is 1. The van der Waals surface area contributed by atoms with Gasteiger partial charge in [0.15, 0.2) is 11.5 Å². The molecule has 0 unspecified atom stereocenters. The molecule has 0 fully saturated rings. The molecular weight excluding hydrogens is 450 g/mol. The second-order valence-corrected chi connectivity index (χ2v) is 9.40. The van der Waals surface area contributed by atoms with E-state index in [1.807, 2.05) is 30.3 Å². The van der Waals surface area contributed by atoms with Gasteiger partial charge >= 0.3 is 0 Å². The van der Waals surface area contributed by atoms with E-state index in [9.17, 15) is 15.3 Å². The van der Waals surface area contributed by atoms with Crippen molar-refractivity contribution in [3.63, 3.8) is 0 Å². The smallest absolute Gasteiger partial charge is 0.160 e. The first-order valence-corrected chi connectivity index (χ1v) is 13.1. The van der Waals surface area contributed by atoms with Crippen molar-refractivity contribution in [1.29, 1.82) is 0 Å². The quantitative estimate of drug-likeness (QED) is 0.0985. The number of benzene rings is 3. The van der Waals surface area contributed by atoms with Crippen LogP contribution in [0.3, 0.4) is 0 Å². The lowest BCUT2D eigenvalue weighted by atomic mass is 9.96. The van der Waals surface area contributed by atoms with E-state index in [1.54, 1.807) is 18.2 Å². The van der Waals surface area contributed by atoms with Crippen molar-refractivity contribution < 1.29 is 15.3 Å². The summed E-state index contributed by atoms with van der Waals surface area (Å²) in [5.41, 5.74) is 10.7. The fraction of sp³-hybridized carbons (Fsp3) is 0.400. The molecule has 7 N–H and O–H groups in total. The number of aromatic hydroxyl groups is 3. The third-order valence-corrected chi connectivity index (χ3v) is 6.53. The molecule has 36 heavy (non-hydrogen) atoms. The number of phenols is 3. The number of aryl methyl sites for hydroxylation is 1. The van der Waals surface area contributed by atoms with Crippen LogP contribution in [0.15, 0.2) is 60.7 Å². The van der Waals surface area contributed by atoms with Crippen LogP contribution < -0.4 is 16.4 Å². The van der Waals surface area contributed by atoms with Gasteiger partial charge in [-0.25, -0.2) is 0 Å². The van der Waals surface area contributed by atoms with E-state index in [4.69, 9.17) is 5.73 Å². The Balaban J connectivity index is 1.26. The van der Waals surface area contributed by atoms with Crippen molar-refractivity contribution in [2.45, 2.75) is 51.4 Å². The van der Waals surface area contributed by atoms with Gasteiger partial charge in [-0.15, -0.1) is 0 Å². The molecule has 6 heteroatoms. The molecule has 0 aromatic heterocycles. The summed E-state index contributed by atoms with van der Waals surface area (Å²) in [6.07, 6.45) is 7.88. The molecule has 3 aromatic carbocycles. The molecule has 0 spiro atoms. The molecule has 3 rings (SSSR count). The highest BCUT2D eigenvalue weighted by molar-refractivity contribution is 5.49. The van der Waals surface area contributed by atoms with Gasteiger partial charge in [0.05, 0.1) is 0 Å². The van der Waals surface area contributed by atoms with Crippen LogP contribution >= 0.6 is 0 Å². The maximum Gasteiger partial charge on any atom is 0.160 e. The molecule has 0 saturated heterocycles. The van der Waals surface area contributed by atoms with Crippen LogP contribution in [0.4, 0.5) is 5.69 Å². The Morgan fingerprint density at radius 1 is 0.611 bits per heavy atom. The Kier molecular flexibility index (Phi) is 11.4. The first-order chi connectivity index (χ1) is 17.5. The van der Waals surface area contributed by atoms with Gasteiger partial charge in [-0.1, -0.05) is 43.2 Å². The van der Waals surface area contributed by atoms with Crippen molar-refractivity contribution in [2.75, 3.05) is 31.9 Å². The van der Waals surface area contributed by atoms with Gasteiger partial charge < -0.3 is 31.7 Å². The minimum absolute atomic E-state index is 0.0327. The van der Waals surface area contributed by atoms with Gasteiger partial charge in [-0.2, -0.15) is 0 Å². The van der Waals surface area contributed by atoms with Crippen LogP contribution in [0, 0.1) is 0 Å². The summed E-state index contributed by atoms with van der Waals surface area (Å²) in [6, 6.07) is 18.7. The summed E-state index contributed by atoms with van der Waals surface area (Å²) >= 11 is 0. The second-order valence-electron chi connectivity index (χ2n) is 9.40. The van der Waals surface area contributed by atoms with Gasteiger partial charge in [-0.3, -0.25) is 0 Å². The minimum atomic E-state index is -0.0858. The van der Waals surface area contributed by atoms with E-state index >= 15 is 0 Å². The summed E-state index contributed by atoms with van der Waals surface area (Å²) in [6.45, 7) is 3.86. The summed E-state index contributed by atoms with van der Waals surface area (Å²) in [4.78, 5) is 0. The largest absolute Gasteiger partial charge is 0.508 e. The third kappa shape index (κ3) is 9.44. The molecule has 0 radical (unpaired) electrons. The molecule has 0 aliphatic rings. The number of unbranched alkanes of at least 4 members (excludes halogenated alkanes) is 3. The van der Waals surface area contributed by atoms with Crippen LogP contribution in [-0.4, -0.2) is 41.5 Å². The topological polar surface area (TPSA) is 111 Å². The molecule has 0 heterocycles. The number of anilines is 1. The summed E-state index contributed by atoms with van der Waals surface area (Å²) in [5.74, 6) is 0.120. The molecule has 6 nitrogen and oxygen atoms in total. The average Bonchev–Trinajstić information content (AvgIpc) is 2.87. The zero-order chi connectivity index (χ0) is 25.6. The van der Waals surface area contributed by atoms with E-state index < -0.39 is 0 Å². The number of nitrogens with one attached hydrogen (secondary N) is 2. The predicted octanol–water partition coefficient (Wildman–Crippen LogP) is 4.70. The normalized spacial score (nSPS) is 11.1. The standard InChI is InChI=1S/C30H41N3O3/c31-26-12-8-23(9-13-26)16-20-32-18-3-1-2-4-19-33-21-17-25-11-15-29(35)30(36)28(25)14-10-24-6-5-7-27(34)22-24/h5-9,11-13,15,22,32-36H,1-4,10,14,16-21,31H2.